The van der Waals surface area contributed by atoms with Gasteiger partial charge in [-0.15, -0.1) is 0 Å². The molecule has 1 aliphatic heterocycles. The third kappa shape index (κ3) is 4.12. The molecule has 1 unspecified atom stereocenters. The van der Waals surface area contributed by atoms with Crippen LogP contribution >= 0.6 is 0 Å². The number of primary amides is 1. The van der Waals surface area contributed by atoms with Crippen molar-refractivity contribution >= 4 is 6.09 Å². The molecule has 13 heavy (non-hydrogen) atoms. The number of hydrogen-bond acceptors (Lipinski definition) is 3. The number of hydrogen-bond donors (Lipinski definition) is 2. The van der Waals surface area contributed by atoms with Gasteiger partial charge in [0, 0.05) is 0 Å². The predicted octanol–water partition coefficient (Wildman–Crippen LogP) is 0.860. The summed E-state index contributed by atoms with van der Waals surface area (Å²) in [5.41, 5.74) is 4.92. The molecule has 0 bridgehead atoms. The van der Waals surface area contributed by atoms with Crippen molar-refractivity contribution in [2.24, 2.45) is 11.7 Å². The van der Waals surface area contributed by atoms with Crippen molar-refractivity contribution in [3.05, 3.63) is 0 Å². The fourth-order valence-corrected chi connectivity index (χ4v) is 1.83. The molecular weight excluding hydrogens is 168 g/mol. The third-order valence-corrected chi connectivity index (χ3v) is 2.44. The monoisotopic (exact) mass is 186 g/mol. The van der Waals surface area contributed by atoms with Gasteiger partial charge in [0.2, 0.25) is 0 Å². The molecule has 1 atom stereocenters. The van der Waals surface area contributed by atoms with Gasteiger partial charge < -0.3 is 15.8 Å². The van der Waals surface area contributed by atoms with Crippen LogP contribution in [0.1, 0.15) is 26.2 Å². The lowest BCUT2D eigenvalue weighted by Crippen LogP contribution is -2.30. The maximum atomic E-state index is 10.4. The molecule has 0 aromatic carbocycles. The van der Waals surface area contributed by atoms with E-state index >= 15 is 0 Å². The highest BCUT2D eigenvalue weighted by atomic mass is 16.6. The van der Waals surface area contributed by atoms with Crippen molar-refractivity contribution in [1.29, 1.82) is 0 Å². The van der Waals surface area contributed by atoms with Gasteiger partial charge in [-0.05, 0) is 45.2 Å². The van der Waals surface area contributed by atoms with Gasteiger partial charge in [0.25, 0.3) is 0 Å². The second kappa shape index (κ2) is 5.07. The van der Waals surface area contributed by atoms with E-state index in [-0.39, 0.29) is 6.10 Å². The average Bonchev–Trinajstić information content (AvgIpc) is 2.04. The largest absolute Gasteiger partial charge is 0.447 e. The van der Waals surface area contributed by atoms with Gasteiger partial charge in [0.15, 0.2) is 0 Å². The summed E-state index contributed by atoms with van der Waals surface area (Å²) in [6.07, 6.45) is 2.57. The van der Waals surface area contributed by atoms with Crippen LogP contribution in [0.5, 0.6) is 0 Å². The summed E-state index contributed by atoms with van der Waals surface area (Å²) >= 11 is 0. The molecule has 0 radical (unpaired) electrons. The number of ether oxygens (including phenoxy) is 1. The van der Waals surface area contributed by atoms with Crippen LogP contribution < -0.4 is 11.1 Å². The molecule has 0 aromatic heterocycles. The fraction of sp³-hybridized carbons (Fsp3) is 0.889. The Morgan fingerprint density at radius 2 is 2.23 bits per heavy atom. The van der Waals surface area contributed by atoms with Crippen LogP contribution in [0.15, 0.2) is 0 Å². The molecule has 0 aliphatic carbocycles. The van der Waals surface area contributed by atoms with Gasteiger partial charge in [-0.3, -0.25) is 0 Å². The summed E-state index contributed by atoms with van der Waals surface area (Å²) < 4.78 is 4.87. The zero-order valence-electron chi connectivity index (χ0n) is 8.08. The second-order valence-electron chi connectivity index (χ2n) is 3.68. The molecule has 4 nitrogen and oxygen atoms in total. The molecule has 1 rings (SSSR count). The Labute approximate surface area is 78.8 Å². The summed E-state index contributed by atoms with van der Waals surface area (Å²) in [5.74, 6) is 0.676. The van der Waals surface area contributed by atoms with Gasteiger partial charge >= 0.3 is 6.09 Å². The quantitative estimate of drug-likeness (QED) is 0.687. The molecule has 1 fully saturated rings. The van der Waals surface area contributed by atoms with Crippen molar-refractivity contribution in [1.82, 2.24) is 5.32 Å². The van der Waals surface area contributed by atoms with E-state index in [0.29, 0.717) is 5.92 Å². The van der Waals surface area contributed by atoms with E-state index in [4.69, 9.17) is 10.5 Å². The van der Waals surface area contributed by atoms with Gasteiger partial charge in [-0.25, -0.2) is 4.79 Å². The molecule has 3 N–H and O–H groups in total. The molecule has 0 spiro atoms. The number of carbonyl (C=O) groups excluding carboxylic acids is 1. The minimum absolute atomic E-state index is 0.0411. The molecule has 1 saturated heterocycles. The number of amides is 1. The number of nitrogens with two attached hydrogens (primary N) is 1. The van der Waals surface area contributed by atoms with Gasteiger partial charge in [-0.2, -0.15) is 0 Å². The third-order valence-electron chi connectivity index (χ3n) is 2.44. The van der Waals surface area contributed by atoms with Gasteiger partial charge in [0.1, 0.15) is 6.10 Å². The van der Waals surface area contributed by atoms with Crippen LogP contribution in [0.4, 0.5) is 4.79 Å². The Hall–Kier alpha value is -0.770. The smallest absolute Gasteiger partial charge is 0.404 e. The first-order chi connectivity index (χ1) is 6.18. The normalized spacial score (nSPS) is 21.0. The molecule has 76 valence electrons. The van der Waals surface area contributed by atoms with E-state index < -0.39 is 6.09 Å². The van der Waals surface area contributed by atoms with Crippen molar-refractivity contribution < 1.29 is 9.53 Å². The summed E-state index contributed by atoms with van der Waals surface area (Å²) in [6.45, 7) is 4.05. The minimum Gasteiger partial charge on any atom is -0.447 e. The first-order valence-electron chi connectivity index (χ1n) is 4.85. The Morgan fingerprint density at radius 3 is 2.77 bits per heavy atom. The van der Waals surface area contributed by atoms with E-state index in [9.17, 15) is 4.79 Å². The minimum atomic E-state index is -0.665. The van der Waals surface area contributed by atoms with Crippen LogP contribution in [-0.4, -0.2) is 25.3 Å². The van der Waals surface area contributed by atoms with Crippen LogP contribution in [0.2, 0.25) is 0 Å². The topological polar surface area (TPSA) is 64.3 Å². The van der Waals surface area contributed by atoms with Crippen molar-refractivity contribution in [2.75, 3.05) is 13.1 Å². The first kappa shape index (κ1) is 10.3. The van der Waals surface area contributed by atoms with Crippen molar-refractivity contribution in [3.8, 4) is 0 Å². The average molecular weight is 186 g/mol. The predicted molar refractivity (Wildman–Crippen MR) is 50.3 cm³/mol. The molecule has 0 saturated carbocycles. The lowest BCUT2D eigenvalue weighted by molar-refractivity contribution is 0.0964. The molecule has 4 heteroatoms. The zero-order chi connectivity index (χ0) is 9.68. The molecule has 0 aromatic rings. The molecule has 1 heterocycles. The highest BCUT2D eigenvalue weighted by molar-refractivity contribution is 5.64. The van der Waals surface area contributed by atoms with Gasteiger partial charge in [-0.1, -0.05) is 0 Å². The zero-order valence-corrected chi connectivity index (χ0v) is 8.08. The number of piperidine rings is 1. The molecule has 1 aliphatic rings. The number of rotatable bonds is 3. The Balaban J connectivity index is 2.18. The summed E-state index contributed by atoms with van der Waals surface area (Å²) in [7, 11) is 0. The van der Waals surface area contributed by atoms with Gasteiger partial charge in [0.05, 0.1) is 0 Å². The summed E-state index contributed by atoms with van der Waals surface area (Å²) in [6, 6.07) is 0. The Bertz CT molecular complexity index is 167. The highest BCUT2D eigenvalue weighted by Gasteiger charge is 2.17. The Morgan fingerprint density at radius 1 is 1.62 bits per heavy atom. The second-order valence-corrected chi connectivity index (χ2v) is 3.68. The lowest BCUT2D eigenvalue weighted by atomic mass is 9.92. The van der Waals surface area contributed by atoms with Crippen LogP contribution in [0.3, 0.4) is 0 Å². The number of nitrogens with one attached hydrogen (secondary N) is 1. The number of carbonyl (C=O) groups is 1. The Kier molecular flexibility index (Phi) is 4.02. The van der Waals surface area contributed by atoms with E-state index in [1.165, 1.54) is 12.8 Å². The van der Waals surface area contributed by atoms with Crippen LogP contribution in [0.25, 0.3) is 0 Å². The summed E-state index contributed by atoms with van der Waals surface area (Å²) in [4.78, 5) is 10.4. The standard InChI is InChI=1S/C9H18N2O2/c1-7(13-9(10)12)6-8-2-4-11-5-3-8/h7-8,11H,2-6H2,1H3,(H2,10,12). The highest BCUT2D eigenvalue weighted by Crippen LogP contribution is 2.18. The maximum Gasteiger partial charge on any atom is 0.404 e. The van der Waals surface area contributed by atoms with Crippen molar-refractivity contribution in [3.63, 3.8) is 0 Å². The lowest BCUT2D eigenvalue weighted by Gasteiger charge is -2.24. The van der Waals surface area contributed by atoms with E-state index in [1.807, 2.05) is 6.92 Å². The fourth-order valence-electron chi connectivity index (χ4n) is 1.83. The SMILES string of the molecule is CC(CC1CCNCC1)OC(N)=O. The first-order valence-corrected chi connectivity index (χ1v) is 4.85. The molecule has 1 amide bonds. The van der Waals surface area contributed by atoms with E-state index in [2.05, 4.69) is 5.32 Å². The maximum absolute atomic E-state index is 10.4. The molecular formula is C9H18N2O2. The van der Waals surface area contributed by atoms with E-state index in [1.54, 1.807) is 0 Å². The van der Waals surface area contributed by atoms with Crippen LogP contribution in [-0.2, 0) is 4.74 Å². The van der Waals surface area contributed by atoms with E-state index in [0.717, 1.165) is 19.5 Å². The summed E-state index contributed by atoms with van der Waals surface area (Å²) in [5, 5.41) is 3.30. The van der Waals surface area contributed by atoms with Crippen LogP contribution in [0, 0.1) is 5.92 Å². The van der Waals surface area contributed by atoms with Crippen molar-refractivity contribution in [2.45, 2.75) is 32.3 Å².